The minimum absolute atomic E-state index is 0.000251. The van der Waals surface area contributed by atoms with Crippen LogP contribution in [0.5, 0.6) is 0 Å². The molecule has 2 aromatic carbocycles. The molecule has 39 heavy (non-hydrogen) atoms. The Balaban J connectivity index is 1.77. The standard InChI is InChI=1S/C30H43N3O6/c1-30(2,3)39-29(36)32-25(20-22-10-6-4-7-11-22)26(34)21-24(28(31)35)27(23-12-8-5-9-13-23)38-19-16-33-14-17-37-18-15-33/h4-13,24-27,34H,14-21H2,1-3H3,(H2,31,35)(H,32,36)/t24-,25+,26+,27?/m1/s1. The third kappa shape index (κ3) is 10.6. The van der Waals surface area contributed by atoms with Crippen molar-refractivity contribution in [3.8, 4) is 0 Å². The lowest BCUT2D eigenvalue weighted by Crippen LogP contribution is -2.48. The van der Waals surface area contributed by atoms with Gasteiger partial charge in [-0.3, -0.25) is 9.69 Å². The van der Waals surface area contributed by atoms with Crippen LogP contribution in [0, 0.1) is 5.92 Å². The number of benzene rings is 2. The summed E-state index contributed by atoms with van der Waals surface area (Å²) in [6, 6.07) is 18.3. The molecule has 4 atom stereocenters. The molecule has 9 heteroatoms. The molecule has 1 aliphatic heterocycles. The summed E-state index contributed by atoms with van der Waals surface area (Å²) in [5.74, 6) is -1.41. The largest absolute Gasteiger partial charge is 0.444 e. The van der Waals surface area contributed by atoms with Crippen LogP contribution in [0.25, 0.3) is 0 Å². The van der Waals surface area contributed by atoms with Crippen molar-refractivity contribution in [2.45, 2.75) is 57.5 Å². The van der Waals surface area contributed by atoms with Crippen LogP contribution in [0.15, 0.2) is 60.7 Å². The van der Waals surface area contributed by atoms with Gasteiger partial charge in [-0.25, -0.2) is 4.79 Å². The van der Waals surface area contributed by atoms with E-state index in [4.69, 9.17) is 19.9 Å². The van der Waals surface area contributed by atoms with E-state index in [0.717, 1.165) is 24.2 Å². The number of nitrogens with one attached hydrogen (secondary N) is 1. The average Bonchev–Trinajstić information content (AvgIpc) is 2.90. The van der Waals surface area contributed by atoms with E-state index in [1.165, 1.54) is 0 Å². The first-order valence-corrected chi connectivity index (χ1v) is 13.6. The van der Waals surface area contributed by atoms with E-state index in [0.29, 0.717) is 32.8 Å². The second-order valence-electron chi connectivity index (χ2n) is 10.9. The van der Waals surface area contributed by atoms with Gasteiger partial charge in [0.1, 0.15) is 5.60 Å². The molecule has 4 N–H and O–H groups in total. The van der Waals surface area contributed by atoms with Crippen molar-refractivity contribution in [3.05, 3.63) is 71.8 Å². The zero-order valence-electron chi connectivity index (χ0n) is 23.3. The molecule has 1 saturated heterocycles. The zero-order valence-corrected chi connectivity index (χ0v) is 23.3. The van der Waals surface area contributed by atoms with Crippen LogP contribution in [0.1, 0.15) is 44.4 Å². The fourth-order valence-corrected chi connectivity index (χ4v) is 4.64. The number of nitrogens with two attached hydrogens (primary N) is 1. The highest BCUT2D eigenvalue weighted by Gasteiger charge is 2.35. The van der Waals surface area contributed by atoms with Gasteiger partial charge < -0.3 is 30.4 Å². The quantitative estimate of drug-likeness (QED) is 0.356. The lowest BCUT2D eigenvalue weighted by atomic mass is 9.86. The van der Waals surface area contributed by atoms with Crippen LogP contribution in [0.2, 0.25) is 0 Å². The van der Waals surface area contributed by atoms with Gasteiger partial charge in [0.05, 0.1) is 44.0 Å². The first kappa shape index (κ1) is 30.6. The molecule has 2 aromatic rings. The van der Waals surface area contributed by atoms with E-state index in [-0.39, 0.29) is 6.42 Å². The summed E-state index contributed by atoms with van der Waals surface area (Å²) >= 11 is 0. The Bertz CT molecular complexity index is 1010. The number of hydrogen-bond acceptors (Lipinski definition) is 7. The molecule has 214 valence electrons. The van der Waals surface area contributed by atoms with Gasteiger partial charge in [-0.2, -0.15) is 0 Å². The molecule has 0 aromatic heterocycles. The highest BCUT2D eigenvalue weighted by Crippen LogP contribution is 2.31. The molecule has 9 nitrogen and oxygen atoms in total. The van der Waals surface area contributed by atoms with E-state index in [9.17, 15) is 14.7 Å². The summed E-state index contributed by atoms with van der Waals surface area (Å²) in [7, 11) is 0. The second kappa shape index (κ2) is 15.0. The van der Waals surface area contributed by atoms with Crippen molar-refractivity contribution in [3.63, 3.8) is 0 Å². The van der Waals surface area contributed by atoms with Crippen LogP contribution >= 0.6 is 0 Å². The van der Waals surface area contributed by atoms with Gasteiger partial charge in [0.2, 0.25) is 5.91 Å². The van der Waals surface area contributed by atoms with Crippen molar-refractivity contribution in [1.82, 2.24) is 10.2 Å². The van der Waals surface area contributed by atoms with Gasteiger partial charge >= 0.3 is 6.09 Å². The number of carbonyl (C=O) groups is 2. The fourth-order valence-electron chi connectivity index (χ4n) is 4.64. The van der Waals surface area contributed by atoms with Gasteiger partial charge in [0.25, 0.3) is 0 Å². The van der Waals surface area contributed by atoms with Gasteiger partial charge in [0.15, 0.2) is 0 Å². The Labute approximate surface area is 231 Å². The van der Waals surface area contributed by atoms with Crippen LogP contribution in [-0.2, 0) is 25.4 Å². The third-order valence-corrected chi connectivity index (χ3v) is 6.63. The topological polar surface area (TPSA) is 123 Å². The van der Waals surface area contributed by atoms with E-state index >= 15 is 0 Å². The van der Waals surface area contributed by atoms with Crippen molar-refractivity contribution < 1.29 is 28.9 Å². The summed E-state index contributed by atoms with van der Waals surface area (Å²) in [5, 5.41) is 14.2. The number of rotatable bonds is 13. The molecular formula is C30H43N3O6. The maximum Gasteiger partial charge on any atom is 0.407 e. The molecule has 2 amide bonds. The van der Waals surface area contributed by atoms with Gasteiger partial charge in [0, 0.05) is 19.6 Å². The van der Waals surface area contributed by atoms with E-state index in [2.05, 4.69) is 10.2 Å². The summed E-state index contributed by atoms with van der Waals surface area (Å²) in [6.07, 6.45) is -2.04. The molecule has 0 radical (unpaired) electrons. The molecule has 3 rings (SSSR count). The normalized spacial score (nSPS) is 17.5. The number of ether oxygens (including phenoxy) is 3. The van der Waals surface area contributed by atoms with Crippen LogP contribution in [0.3, 0.4) is 0 Å². The lowest BCUT2D eigenvalue weighted by molar-refractivity contribution is -0.130. The van der Waals surface area contributed by atoms with Crippen molar-refractivity contribution in [2.24, 2.45) is 11.7 Å². The predicted molar refractivity (Wildman–Crippen MR) is 149 cm³/mol. The van der Waals surface area contributed by atoms with Crippen molar-refractivity contribution in [1.29, 1.82) is 0 Å². The average molecular weight is 542 g/mol. The number of morpholine rings is 1. The Morgan fingerprint density at radius 1 is 1.05 bits per heavy atom. The molecule has 0 bridgehead atoms. The number of primary amides is 1. The number of carbonyl (C=O) groups excluding carboxylic acids is 2. The number of aliphatic hydroxyl groups is 1. The third-order valence-electron chi connectivity index (χ3n) is 6.63. The molecule has 1 unspecified atom stereocenters. The van der Waals surface area contributed by atoms with Crippen molar-refractivity contribution in [2.75, 3.05) is 39.5 Å². The predicted octanol–water partition coefficient (Wildman–Crippen LogP) is 3.07. The van der Waals surface area contributed by atoms with Crippen LogP contribution in [0.4, 0.5) is 4.79 Å². The minimum Gasteiger partial charge on any atom is -0.444 e. The van der Waals surface area contributed by atoms with E-state index in [1.54, 1.807) is 20.8 Å². The monoisotopic (exact) mass is 541 g/mol. The molecule has 1 heterocycles. The zero-order chi connectivity index (χ0) is 28.3. The summed E-state index contributed by atoms with van der Waals surface area (Å²) in [6.45, 7) is 9.44. The number of hydrogen-bond donors (Lipinski definition) is 3. The Kier molecular flexibility index (Phi) is 11.7. The number of nitrogens with zero attached hydrogens (tertiary/aromatic N) is 1. The Morgan fingerprint density at radius 3 is 2.26 bits per heavy atom. The van der Waals surface area contributed by atoms with Gasteiger partial charge in [-0.1, -0.05) is 60.7 Å². The molecule has 1 fully saturated rings. The van der Waals surface area contributed by atoms with Gasteiger partial charge in [-0.05, 0) is 44.7 Å². The molecule has 0 spiro atoms. The van der Waals surface area contributed by atoms with Crippen LogP contribution < -0.4 is 11.1 Å². The fraction of sp³-hybridized carbons (Fsp3) is 0.533. The van der Waals surface area contributed by atoms with E-state index in [1.807, 2.05) is 60.7 Å². The van der Waals surface area contributed by atoms with Crippen molar-refractivity contribution >= 4 is 12.0 Å². The van der Waals surface area contributed by atoms with E-state index < -0.39 is 41.8 Å². The van der Waals surface area contributed by atoms with Gasteiger partial charge in [-0.15, -0.1) is 0 Å². The van der Waals surface area contributed by atoms with Crippen LogP contribution in [-0.4, -0.2) is 79.2 Å². The second-order valence-corrected chi connectivity index (χ2v) is 10.9. The SMILES string of the molecule is CC(C)(C)OC(=O)N[C@@H](Cc1ccccc1)[C@@H](O)C[C@@H](C(N)=O)C(OCCN1CCOCC1)c1ccccc1. The molecule has 0 saturated carbocycles. The maximum absolute atomic E-state index is 12.8. The minimum atomic E-state index is -1.09. The molecule has 0 aliphatic carbocycles. The first-order valence-electron chi connectivity index (χ1n) is 13.6. The lowest BCUT2D eigenvalue weighted by Gasteiger charge is -2.32. The Morgan fingerprint density at radius 2 is 1.67 bits per heavy atom. The Hall–Kier alpha value is -2.98. The smallest absolute Gasteiger partial charge is 0.407 e. The highest BCUT2D eigenvalue weighted by molar-refractivity contribution is 5.77. The number of amides is 2. The number of alkyl carbamates (subject to hydrolysis) is 1. The summed E-state index contributed by atoms with van der Waals surface area (Å²) in [4.78, 5) is 27.7. The molecular weight excluding hydrogens is 498 g/mol. The highest BCUT2D eigenvalue weighted by atomic mass is 16.6. The number of aliphatic hydroxyl groups excluding tert-OH is 1. The first-order chi connectivity index (χ1) is 18.6. The molecule has 1 aliphatic rings. The maximum atomic E-state index is 12.8. The summed E-state index contributed by atoms with van der Waals surface area (Å²) < 4.78 is 17.2. The summed E-state index contributed by atoms with van der Waals surface area (Å²) in [5.41, 5.74) is 6.93.